The Bertz CT molecular complexity index is 503. The second kappa shape index (κ2) is 7.03. The lowest BCUT2D eigenvalue weighted by atomic mass is 10.0. The normalized spacial score (nSPS) is 21.0. The highest BCUT2D eigenvalue weighted by Gasteiger charge is 2.27. The van der Waals surface area contributed by atoms with E-state index in [2.05, 4.69) is 5.32 Å². The van der Waals surface area contributed by atoms with Crippen molar-refractivity contribution in [3.05, 3.63) is 34.4 Å². The first kappa shape index (κ1) is 15.2. The van der Waals surface area contributed by atoms with Gasteiger partial charge in [-0.2, -0.15) is 0 Å². The molecule has 1 aromatic carbocycles. The maximum Gasteiger partial charge on any atom is 0.269 e. The fraction of sp³-hybridized carbons (Fsp3) is 0.500. The summed E-state index contributed by atoms with van der Waals surface area (Å²) >= 11 is 0. The molecule has 0 saturated heterocycles. The van der Waals surface area contributed by atoms with E-state index in [1.807, 2.05) is 0 Å². The molecule has 0 heterocycles. The Hall–Kier alpha value is -2.15. The van der Waals surface area contributed by atoms with E-state index in [9.17, 15) is 14.9 Å². The highest BCUT2D eigenvalue weighted by Crippen LogP contribution is 2.24. The number of benzene rings is 1. The predicted molar refractivity (Wildman–Crippen MR) is 76.9 cm³/mol. The summed E-state index contributed by atoms with van der Waals surface area (Å²) in [5.41, 5.74) is 5.66. The Kier molecular flexibility index (Phi) is 5.10. The number of non-ortho nitro benzene ring substituents is 1. The first-order valence-electron chi connectivity index (χ1n) is 6.97. The molecule has 1 amide bonds. The van der Waals surface area contributed by atoms with Gasteiger partial charge in [-0.25, -0.2) is 0 Å². The zero-order valence-electron chi connectivity index (χ0n) is 11.7. The highest BCUT2D eigenvalue weighted by molar-refractivity contribution is 5.77. The van der Waals surface area contributed by atoms with Crippen LogP contribution in [0.3, 0.4) is 0 Å². The number of carbonyl (C=O) groups excluding carboxylic acids is 1. The molecular formula is C14H19N3O4. The summed E-state index contributed by atoms with van der Waals surface area (Å²) in [6.45, 7) is 0.472. The van der Waals surface area contributed by atoms with E-state index < -0.39 is 4.92 Å². The number of carbonyl (C=O) groups is 1. The van der Waals surface area contributed by atoms with Crippen molar-refractivity contribution in [3.8, 4) is 5.75 Å². The van der Waals surface area contributed by atoms with Gasteiger partial charge in [0.1, 0.15) is 5.75 Å². The van der Waals surface area contributed by atoms with Crippen LogP contribution in [0.5, 0.6) is 5.75 Å². The summed E-state index contributed by atoms with van der Waals surface area (Å²) in [5, 5.41) is 13.4. The smallest absolute Gasteiger partial charge is 0.269 e. The van der Waals surface area contributed by atoms with Gasteiger partial charge in [0.25, 0.3) is 11.6 Å². The molecule has 0 spiro atoms. The van der Waals surface area contributed by atoms with E-state index in [-0.39, 0.29) is 24.2 Å². The van der Waals surface area contributed by atoms with Crippen molar-refractivity contribution < 1.29 is 14.5 Å². The number of nitro benzene ring substituents is 1. The molecule has 2 atom stereocenters. The average molecular weight is 293 g/mol. The minimum atomic E-state index is -0.483. The molecule has 0 aromatic heterocycles. The number of hydrogen-bond acceptors (Lipinski definition) is 5. The lowest BCUT2D eigenvalue weighted by Gasteiger charge is -2.19. The second-order valence-electron chi connectivity index (χ2n) is 5.14. The summed E-state index contributed by atoms with van der Waals surface area (Å²) in [5.74, 6) is 0.574. The second-order valence-corrected chi connectivity index (χ2v) is 5.14. The third kappa shape index (κ3) is 4.16. The largest absolute Gasteiger partial charge is 0.484 e. The average Bonchev–Trinajstić information content (AvgIpc) is 2.92. The fourth-order valence-electron chi connectivity index (χ4n) is 2.57. The maximum absolute atomic E-state index is 11.8. The summed E-state index contributed by atoms with van der Waals surface area (Å²) in [4.78, 5) is 21.9. The van der Waals surface area contributed by atoms with Gasteiger partial charge in [0, 0.05) is 18.2 Å². The van der Waals surface area contributed by atoms with E-state index >= 15 is 0 Å². The molecule has 1 fully saturated rings. The lowest BCUT2D eigenvalue weighted by molar-refractivity contribution is -0.384. The number of nitrogens with zero attached hydrogens (tertiary/aromatic N) is 1. The molecule has 1 aliphatic carbocycles. The van der Waals surface area contributed by atoms with Crippen molar-refractivity contribution in [2.75, 3.05) is 13.2 Å². The third-order valence-corrected chi connectivity index (χ3v) is 3.73. The molecule has 1 aromatic rings. The van der Waals surface area contributed by atoms with Gasteiger partial charge in [-0.1, -0.05) is 6.42 Å². The molecule has 2 rings (SSSR count). The van der Waals surface area contributed by atoms with Gasteiger partial charge < -0.3 is 15.8 Å². The van der Waals surface area contributed by atoms with Crippen molar-refractivity contribution in [3.63, 3.8) is 0 Å². The van der Waals surface area contributed by atoms with Gasteiger partial charge in [-0.05, 0) is 37.4 Å². The lowest BCUT2D eigenvalue weighted by Crippen LogP contribution is -2.42. The van der Waals surface area contributed by atoms with Crippen LogP contribution in [0.1, 0.15) is 19.3 Å². The standard InChI is InChI=1S/C14H19N3O4/c15-8-10-2-1-3-13(10)16-14(18)9-21-12-6-4-11(5-7-12)17(19)20/h4-7,10,13H,1-3,8-9,15H2,(H,16,18). The van der Waals surface area contributed by atoms with E-state index in [0.29, 0.717) is 18.2 Å². The molecule has 7 nitrogen and oxygen atoms in total. The molecule has 1 aliphatic rings. The number of amides is 1. The van der Waals surface area contributed by atoms with Crippen LogP contribution in [-0.4, -0.2) is 30.0 Å². The minimum Gasteiger partial charge on any atom is -0.484 e. The van der Waals surface area contributed by atoms with E-state index in [4.69, 9.17) is 10.5 Å². The van der Waals surface area contributed by atoms with Gasteiger partial charge in [-0.3, -0.25) is 14.9 Å². The SMILES string of the molecule is NCC1CCCC1NC(=O)COc1ccc([N+](=O)[O-])cc1. The Labute approximate surface area is 122 Å². The Balaban J connectivity index is 1.79. The summed E-state index contributed by atoms with van der Waals surface area (Å²) < 4.78 is 5.32. The molecule has 1 saturated carbocycles. The monoisotopic (exact) mass is 293 g/mol. The zero-order chi connectivity index (χ0) is 15.2. The van der Waals surface area contributed by atoms with E-state index in [1.165, 1.54) is 24.3 Å². The van der Waals surface area contributed by atoms with Crippen molar-refractivity contribution in [2.24, 2.45) is 11.7 Å². The Morgan fingerprint density at radius 1 is 1.38 bits per heavy atom. The number of nitrogens with one attached hydrogen (secondary N) is 1. The van der Waals surface area contributed by atoms with Gasteiger partial charge in [0.05, 0.1) is 4.92 Å². The van der Waals surface area contributed by atoms with Crippen LogP contribution in [0.15, 0.2) is 24.3 Å². The molecule has 2 unspecified atom stereocenters. The van der Waals surface area contributed by atoms with Crippen molar-refractivity contribution in [2.45, 2.75) is 25.3 Å². The van der Waals surface area contributed by atoms with E-state index in [0.717, 1.165) is 19.3 Å². The number of nitrogens with two attached hydrogens (primary N) is 1. The molecule has 21 heavy (non-hydrogen) atoms. The van der Waals surface area contributed by atoms with Crippen LogP contribution >= 0.6 is 0 Å². The molecule has 0 aliphatic heterocycles. The van der Waals surface area contributed by atoms with Crippen molar-refractivity contribution in [1.82, 2.24) is 5.32 Å². The van der Waals surface area contributed by atoms with Gasteiger partial charge in [-0.15, -0.1) is 0 Å². The Morgan fingerprint density at radius 2 is 2.10 bits per heavy atom. The number of nitro groups is 1. The van der Waals surface area contributed by atoms with Crippen LogP contribution in [0.2, 0.25) is 0 Å². The highest BCUT2D eigenvalue weighted by atomic mass is 16.6. The van der Waals surface area contributed by atoms with Gasteiger partial charge in [0.15, 0.2) is 6.61 Å². The van der Waals surface area contributed by atoms with Crippen molar-refractivity contribution in [1.29, 1.82) is 0 Å². The topological polar surface area (TPSA) is 107 Å². The minimum absolute atomic E-state index is 0.0106. The zero-order valence-corrected chi connectivity index (χ0v) is 11.7. The van der Waals surface area contributed by atoms with Crippen LogP contribution in [0.4, 0.5) is 5.69 Å². The van der Waals surface area contributed by atoms with Crippen LogP contribution in [0.25, 0.3) is 0 Å². The molecule has 0 bridgehead atoms. The molecule has 0 radical (unpaired) electrons. The quantitative estimate of drug-likeness (QED) is 0.605. The number of ether oxygens (including phenoxy) is 1. The molecule has 7 heteroatoms. The summed E-state index contributed by atoms with van der Waals surface area (Å²) in [6, 6.07) is 5.76. The third-order valence-electron chi connectivity index (χ3n) is 3.73. The van der Waals surface area contributed by atoms with Crippen LogP contribution in [0, 0.1) is 16.0 Å². The number of hydrogen-bond donors (Lipinski definition) is 2. The first-order chi connectivity index (χ1) is 10.1. The van der Waals surface area contributed by atoms with Crippen LogP contribution < -0.4 is 15.8 Å². The Morgan fingerprint density at radius 3 is 2.71 bits per heavy atom. The maximum atomic E-state index is 11.8. The van der Waals surface area contributed by atoms with Crippen molar-refractivity contribution >= 4 is 11.6 Å². The predicted octanol–water partition coefficient (Wildman–Crippen LogP) is 1.22. The van der Waals surface area contributed by atoms with Gasteiger partial charge in [0.2, 0.25) is 0 Å². The fourth-order valence-corrected chi connectivity index (χ4v) is 2.57. The summed E-state index contributed by atoms with van der Waals surface area (Å²) in [6.07, 6.45) is 3.08. The van der Waals surface area contributed by atoms with Crippen LogP contribution in [-0.2, 0) is 4.79 Å². The summed E-state index contributed by atoms with van der Waals surface area (Å²) in [7, 11) is 0. The first-order valence-corrected chi connectivity index (χ1v) is 6.97. The van der Waals surface area contributed by atoms with Gasteiger partial charge >= 0.3 is 0 Å². The van der Waals surface area contributed by atoms with E-state index in [1.54, 1.807) is 0 Å². The molecular weight excluding hydrogens is 274 g/mol. The number of rotatable bonds is 6. The molecule has 114 valence electrons. The molecule has 3 N–H and O–H groups in total.